The Hall–Kier alpha value is -2.82. The number of benzene rings is 2. The van der Waals surface area contributed by atoms with E-state index in [0.717, 1.165) is 11.1 Å². The van der Waals surface area contributed by atoms with Gasteiger partial charge in [0.2, 0.25) is 0 Å². The third-order valence-corrected chi connectivity index (χ3v) is 3.58. The number of para-hydroxylation sites is 1. The zero-order valence-electron chi connectivity index (χ0n) is 14.5. The average molecular weight is 341 g/mol. The van der Waals surface area contributed by atoms with E-state index in [1.165, 1.54) is 0 Å². The molecule has 132 valence electrons. The lowest BCUT2D eigenvalue weighted by Gasteiger charge is -2.12. The molecule has 2 aromatic carbocycles. The Morgan fingerprint density at radius 3 is 2.40 bits per heavy atom. The standard InChI is InChI=1S/C20H23NO4/c1-15(2)17-10-6-7-11-18(17)25-20(23)21-13-12-19(22)24-14-16-8-4-3-5-9-16/h3-11,15H,12-14H2,1-2H3,(H,21,23). The van der Waals surface area contributed by atoms with Gasteiger partial charge in [0.05, 0.1) is 6.42 Å². The summed E-state index contributed by atoms with van der Waals surface area (Å²) in [6.45, 7) is 4.45. The summed E-state index contributed by atoms with van der Waals surface area (Å²) in [5, 5.41) is 2.56. The lowest BCUT2D eigenvalue weighted by Crippen LogP contribution is -2.29. The van der Waals surface area contributed by atoms with E-state index in [1.807, 2.05) is 62.4 Å². The van der Waals surface area contributed by atoms with Crippen molar-refractivity contribution in [3.63, 3.8) is 0 Å². The van der Waals surface area contributed by atoms with Crippen LogP contribution < -0.4 is 10.1 Å². The quantitative estimate of drug-likeness (QED) is 0.772. The number of hydrogen-bond acceptors (Lipinski definition) is 4. The van der Waals surface area contributed by atoms with Crippen molar-refractivity contribution in [1.82, 2.24) is 5.32 Å². The Bertz CT molecular complexity index is 698. The second-order valence-corrected chi connectivity index (χ2v) is 5.91. The van der Waals surface area contributed by atoms with Crippen molar-refractivity contribution >= 4 is 12.1 Å². The van der Waals surface area contributed by atoms with Crippen LogP contribution in [-0.2, 0) is 16.1 Å². The number of esters is 1. The molecule has 0 fully saturated rings. The highest BCUT2D eigenvalue weighted by atomic mass is 16.6. The third kappa shape index (κ3) is 6.30. The van der Waals surface area contributed by atoms with Crippen molar-refractivity contribution in [1.29, 1.82) is 0 Å². The van der Waals surface area contributed by atoms with Crippen LogP contribution in [0.3, 0.4) is 0 Å². The predicted octanol–water partition coefficient (Wildman–Crippen LogP) is 4.03. The summed E-state index contributed by atoms with van der Waals surface area (Å²) in [5.74, 6) is 0.408. The summed E-state index contributed by atoms with van der Waals surface area (Å²) in [5.41, 5.74) is 1.88. The van der Waals surface area contributed by atoms with Gasteiger partial charge < -0.3 is 14.8 Å². The fourth-order valence-corrected chi connectivity index (χ4v) is 2.26. The van der Waals surface area contributed by atoms with E-state index < -0.39 is 6.09 Å². The van der Waals surface area contributed by atoms with Crippen LogP contribution >= 0.6 is 0 Å². The van der Waals surface area contributed by atoms with E-state index in [1.54, 1.807) is 6.07 Å². The van der Waals surface area contributed by atoms with Gasteiger partial charge in [0.1, 0.15) is 12.4 Å². The largest absolute Gasteiger partial charge is 0.461 e. The molecule has 0 heterocycles. The number of nitrogens with one attached hydrogen (secondary N) is 1. The first-order valence-corrected chi connectivity index (χ1v) is 8.30. The molecule has 0 radical (unpaired) electrons. The van der Waals surface area contributed by atoms with Gasteiger partial charge in [-0.05, 0) is 23.1 Å². The summed E-state index contributed by atoms with van der Waals surface area (Å²) in [6.07, 6.45) is -0.489. The molecule has 0 aliphatic rings. The van der Waals surface area contributed by atoms with Crippen LogP contribution in [0.1, 0.15) is 37.3 Å². The van der Waals surface area contributed by atoms with Gasteiger partial charge in [-0.25, -0.2) is 4.79 Å². The van der Waals surface area contributed by atoms with E-state index in [2.05, 4.69) is 5.32 Å². The maximum atomic E-state index is 11.9. The van der Waals surface area contributed by atoms with Crippen molar-refractivity contribution in [2.75, 3.05) is 6.54 Å². The molecule has 5 heteroatoms. The number of carbonyl (C=O) groups excluding carboxylic acids is 2. The van der Waals surface area contributed by atoms with Crippen molar-refractivity contribution in [2.24, 2.45) is 0 Å². The maximum absolute atomic E-state index is 11.9. The molecular weight excluding hydrogens is 318 g/mol. The highest BCUT2D eigenvalue weighted by Crippen LogP contribution is 2.25. The lowest BCUT2D eigenvalue weighted by molar-refractivity contribution is -0.144. The molecule has 0 spiro atoms. The van der Waals surface area contributed by atoms with Gasteiger partial charge in [0.15, 0.2) is 0 Å². The molecule has 0 aromatic heterocycles. The van der Waals surface area contributed by atoms with E-state index in [0.29, 0.717) is 5.75 Å². The fraction of sp³-hybridized carbons (Fsp3) is 0.300. The summed E-state index contributed by atoms with van der Waals surface area (Å²) < 4.78 is 10.5. The van der Waals surface area contributed by atoms with Gasteiger partial charge in [0, 0.05) is 6.54 Å². The maximum Gasteiger partial charge on any atom is 0.412 e. The number of rotatable bonds is 7. The van der Waals surface area contributed by atoms with Crippen LogP contribution in [0.15, 0.2) is 54.6 Å². The molecule has 0 aliphatic carbocycles. The van der Waals surface area contributed by atoms with Gasteiger partial charge in [-0.1, -0.05) is 62.4 Å². The zero-order chi connectivity index (χ0) is 18.1. The Balaban J connectivity index is 1.71. The second kappa shape index (κ2) is 9.47. The van der Waals surface area contributed by atoms with Crippen molar-refractivity contribution in [3.05, 3.63) is 65.7 Å². The van der Waals surface area contributed by atoms with Crippen LogP contribution in [0.25, 0.3) is 0 Å². The molecule has 0 saturated carbocycles. The molecule has 2 aromatic rings. The fourth-order valence-electron chi connectivity index (χ4n) is 2.26. The molecule has 0 unspecified atom stereocenters. The predicted molar refractivity (Wildman–Crippen MR) is 95.4 cm³/mol. The van der Waals surface area contributed by atoms with Crippen LogP contribution in [0, 0.1) is 0 Å². The van der Waals surface area contributed by atoms with Crippen LogP contribution in [0.2, 0.25) is 0 Å². The Morgan fingerprint density at radius 1 is 1.00 bits per heavy atom. The number of carbonyl (C=O) groups is 2. The second-order valence-electron chi connectivity index (χ2n) is 5.91. The smallest absolute Gasteiger partial charge is 0.412 e. The van der Waals surface area contributed by atoms with Gasteiger partial charge >= 0.3 is 12.1 Å². The molecule has 1 N–H and O–H groups in total. The first-order chi connectivity index (χ1) is 12.1. The Labute approximate surface area is 148 Å². The van der Waals surface area contributed by atoms with Gasteiger partial charge in [0.25, 0.3) is 0 Å². The van der Waals surface area contributed by atoms with Crippen LogP contribution in [0.4, 0.5) is 4.79 Å². The van der Waals surface area contributed by atoms with E-state index in [4.69, 9.17) is 9.47 Å². The highest BCUT2D eigenvalue weighted by molar-refractivity contribution is 5.73. The summed E-state index contributed by atoms with van der Waals surface area (Å²) >= 11 is 0. The monoisotopic (exact) mass is 341 g/mol. The number of amides is 1. The van der Waals surface area contributed by atoms with E-state index >= 15 is 0 Å². The minimum atomic E-state index is -0.580. The number of ether oxygens (including phenoxy) is 2. The minimum Gasteiger partial charge on any atom is -0.461 e. The first kappa shape index (κ1) is 18.5. The van der Waals surface area contributed by atoms with Crippen molar-refractivity contribution in [3.8, 4) is 5.75 Å². The molecule has 2 rings (SSSR count). The minimum absolute atomic E-state index is 0.0910. The van der Waals surface area contributed by atoms with Crippen LogP contribution in [-0.4, -0.2) is 18.6 Å². The van der Waals surface area contributed by atoms with Gasteiger partial charge in [-0.15, -0.1) is 0 Å². The Morgan fingerprint density at radius 2 is 1.68 bits per heavy atom. The molecular formula is C20H23NO4. The van der Waals surface area contributed by atoms with E-state index in [-0.39, 0.29) is 31.5 Å². The van der Waals surface area contributed by atoms with Gasteiger partial charge in [-0.3, -0.25) is 4.79 Å². The first-order valence-electron chi connectivity index (χ1n) is 8.30. The zero-order valence-corrected chi connectivity index (χ0v) is 14.5. The van der Waals surface area contributed by atoms with E-state index in [9.17, 15) is 9.59 Å². The Kier molecular flexibility index (Phi) is 7.01. The molecule has 0 saturated heterocycles. The molecule has 25 heavy (non-hydrogen) atoms. The van der Waals surface area contributed by atoms with Crippen molar-refractivity contribution in [2.45, 2.75) is 32.8 Å². The molecule has 5 nitrogen and oxygen atoms in total. The summed E-state index contributed by atoms with van der Waals surface area (Å²) in [6, 6.07) is 16.8. The highest BCUT2D eigenvalue weighted by Gasteiger charge is 2.11. The molecule has 0 atom stereocenters. The lowest BCUT2D eigenvalue weighted by atomic mass is 10.0. The van der Waals surface area contributed by atoms with Crippen molar-refractivity contribution < 1.29 is 19.1 Å². The topological polar surface area (TPSA) is 64.6 Å². The van der Waals surface area contributed by atoms with Crippen LogP contribution in [0.5, 0.6) is 5.75 Å². The average Bonchev–Trinajstić information content (AvgIpc) is 2.61. The number of hydrogen-bond donors (Lipinski definition) is 1. The van der Waals surface area contributed by atoms with Gasteiger partial charge in [-0.2, -0.15) is 0 Å². The summed E-state index contributed by atoms with van der Waals surface area (Å²) in [7, 11) is 0. The normalized spacial score (nSPS) is 10.4. The summed E-state index contributed by atoms with van der Waals surface area (Å²) in [4.78, 5) is 23.5. The third-order valence-electron chi connectivity index (χ3n) is 3.58. The molecule has 0 bridgehead atoms. The molecule has 0 aliphatic heterocycles. The SMILES string of the molecule is CC(C)c1ccccc1OC(=O)NCCC(=O)OCc1ccccc1. The molecule has 1 amide bonds.